The van der Waals surface area contributed by atoms with Crippen molar-refractivity contribution in [2.45, 2.75) is 39.2 Å². The first-order valence-corrected chi connectivity index (χ1v) is 13.1. The van der Waals surface area contributed by atoms with Crippen molar-refractivity contribution in [2.24, 2.45) is 5.73 Å². The van der Waals surface area contributed by atoms with Crippen LogP contribution in [0.5, 0.6) is 5.75 Å². The first kappa shape index (κ1) is 27.8. The van der Waals surface area contributed by atoms with E-state index in [-0.39, 0.29) is 6.09 Å². The second-order valence-electron chi connectivity index (χ2n) is 10.6. The van der Waals surface area contributed by atoms with Crippen LogP contribution in [0.1, 0.15) is 44.9 Å². The summed E-state index contributed by atoms with van der Waals surface area (Å²) in [6.45, 7) is 16.4. The summed E-state index contributed by atoms with van der Waals surface area (Å²) >= 11 is 0. The number of hydrogen-bond donors (Lipinski definition) is 2. The molecule has 1 saturated heterocycles. The molecule has 0 radical (unpaired) electrons. The SMILES string of the molecule is C=Cc1cnc(Nc2ccc(N3CCN(C(=O)OC(C)(C)C)CC3)cc2OC)nc1C(=C)C1=CC(N)=CCC1. The first-order valence-electron chi connectivity index (χ1n) is 13.1. The molecule has 9 nitrogen and oxygen atoms in total. The molecule has 9 heteroatoms. The summed E-state index contributed by atoms with van der Waals surface area (Å²) in [6.07, 6.45) is 8.86. The zero-order valence-corrected chi connectivity index (χ0v) is 23.3. The van der Waals surface area contributed by atoms with Crippen LogP contribution in [-0.2, 0) is 4.74 Å². The highest BCUT2D eigenvalue weighted by Gasteiger charge is 2.26. The Hall–Kier alpha value is -4.27. The number of carbonyl (C=O) groups is 1. The van der Waals surface area contributed by atoms with Crippen molar-refractivity contribution in [1.82, 2.24) is 14.9 Å². The van der Waals surface area contributed by atoms with Crippen LogP contribution in [0, 0.1) is 0 Å². The molecule has 39 heavy (non-hydrogen) atoms. The highest BCUT2D eigenvalue weighted by molar-refractivity contribution is 5.81. The maximum atomic E-state index is 12.4. The maximum absolute atomic E-state index is 12.4. The normalized spacial score (nSPS) is 15.7. The molecule has 0 saturated carbocycles. The van der Waals surface area contributed by atoms with Gasteiger partial charge < -0.3 is 30.3 Å². The highest BCUT2D eigenvalue weighted by Crippen LogP contribution is 2.34. The molecule has 0 unspecified atom stereocenters. The van der Waals surface area contributed by atoms with Crippen LogP contribution in [-0.4, -0.2) is 59.9 Å². The van der Waals surface area contributed by atoms with Crippen LogP contribution in [0.15, 0.2) is 61.0 Å². The van der Waals surface area contributed by atoms with Crippen molar-refractivity contribution in [2.75, 3.05) is 43.5 Å². The third-order valence-electron chi connectivity index (χ3n) is 6.57. The van der Waals surface area contributed by atoms with Gasteiger partial charge in [0, 0.05) is 55.4 Å². The Morgan fingerprint density at radius 1 is 1.21 bits per heavy atom. The van der Waals surface area contributed by atoms with Gasteiger partial charge in [0.05, 0.1) is 18.5 Å². The average Bonchev–Trinajstić information content (AvgIpc) is 2.92. The summed E-state index contributed by atoms with van der Waals surface area (Å²) in [7, 11) is 1.63. The van der Waals surface area contributed by atoms with Gasteiger partial charge in [-0.05, 0) is 63.0 Å². The molecule has 1 fully saturated rings. The standard InChI is InChI=1S/C30H38N6O3/c1-7-21-19-32-28(34-27(21)20(2)22-9-8-10-23(31)17-22)33-25-12-11-24(18-26(25)38-6)35-13-15-36(16-14-35)29(37)39-30(3,4)5/h7,10-12,17-19H,1-2,8-9,13-16,31H2,3-6H3,(H,32,33,34). The van der Waals surface area contributed by atoms with E-state index >= 15 is 0 Å². The molecule has 1 aliphatic carbocycles. The number of ether oxygens (including phenoxy) is 2. The summed E-state index contributed by atoms with van der Waals surface area (Å²) in [5.74, 6) is 1.08. The number of anilines is 3. The van der Waals surface area contributed by atoms with E-state index in [1.165, 1.54) is 0 Å². The molecule has 0 atom stereocenters. The number of benzene rings is 1. The van der Waals surface area contributed by atoms with Crippen molar-refractivity contribution >= 4 is 35.1 Å². The van der Waals surface area contributed by atoms with Gasteiger partial charge in [0.2, 0.25) is 5.95 Å². The molecule has 2 heterocycles. The lowest BCUT2D eigenvalue weighted by molar-refractivity contribution is 0.0240. The Balaban J connectivity index is 1.48. The third-order valence-corrected chi connectivity index (χ3v) is 6.57. The number of piperazine rings is 1. The number of aromatic nitrogens is 2. The smallest absolute Gasteiger partial charge is 0.410 e. The Labute approximate surface area is 230 Å². The predicted molar refractivity (Wildman–Crippen MR) is 157 cm³/mol. The van der Waals surface area contributed by atoms with E-state index in [1.807, 2.05) is 51.1 Å². The van der Waals surface area contributed by atoms with Crippen molar-refractivity contribution < 1.29 is 14.3 Å². The zero-order valence-electron chi connectivity index (χ0n) is 23.3. The molecule has 0 spiro atoms. The molecule has 206 valence electrons. The van der Waals surface area contributed by atoms with Gasteiger partial charge >= 0.3 is 6.09 Å². The molecule has 1 aliphatic heterocycles. The second kappa shape index (κ2) is 11.6. The van der Waals surface area contributed by atoms with E-state index < -0.39 is 5.60 Å². The van der Waals surface area contributed by atoms with Crippen LogP contribution in [0.2, 0.25) is 0 Å². The Bertz CT molecular complexity index is 1320. The molecular weight excluding hydrogens is 492 g/mol. The number of amides is 1. The molecule has 3 N–H and O–H groups in total. The number of nitrogens with zero attached hydrogens (tertiary/aromatic N) is 4. The Morgan fingerprint density at radius 3 is 2.59 bits per heavy atom. The lowest BCUT2D eigenvalue weighted by Gasteiger charge is -2.37. The molecule has 1 amide bonds. The van der Waals surface area contributed by atoms with E-state index in [4.69, 9.17) is 20.2 Å². The summed E-state index contributed by atoms with van der Waals surface area (Å²) in [4.78, 5) is 25.6. The van der Waals surface area contributed by atoms with Crippen LogP contribution >= 0.6 is 0 Å². The fourth-order valence-electron chi connectivity index (χ4n) is 4.53. The number of nitrogens with one attached hydrogen (secondary N) is 1. The molecule has 2 aromatic rings. The van der Waals surface area contributed by atoms with E-state index in [9.17, 15) is 4.79 Å². The van der Waals surface area contributed by atoms with Crippen LogP contribution in [0.25, 0.3) is 11.6 Å². The number of hydrogen-bond acceptors (Lipinski definition) is 8. The van der Waals surface area contributed by atoms with Gasteiger partial charge in [0.25, 0.3) is 0 Å². The lowest BCUT2D eigenvalue weighted by Crippen LogP contribution is -2.50. The van der Waals surface area contributed by atoms with Gasteiger partial charge in [-0.15, -0.1) is 0 Å². The minimum Gasteiger partial charge on any atom is -0.494 e. The molecule has 1 aromatic heterocycles. The minimum atomic E-state index is -0.507. The fraction of sp³-hybridized carbons (Fsp3) is 0.367. The van der Waals surface area contributed by atoms with Crippen LogP contribution in [0.4, 0.5) is 22.1 Å². The highest BCUT2D eigenvalue weighted by atomic mass is 16.6. The molecule has 4 rings (SSSR count). The Morgan fingerprint density at radius 2 is 1.95 bits per heavy atom. The fourth-order valence-corrected chi connectivity index (χ4v) is 4.53. The van der Waals surface area contributed by atoms with Crippen LogP contribution in [0.3, 0.4) is 0 Å². The van der Waals surface area contributed by atoms with Gasteiger partial charge in [-0.25, -0.2) is 14.8 Å². The average molecular weight is 531 g/mol. The van der Waals surface area contributed by atoms with Crippen molar-refractivity contribution in [3.63, 3.8) is 0 Å². The van der Waals surface area contributed by atoms with E-state index in [2.05, 4.69) is 28.4 Å². The van der Waals surface area contributed by atoms with Gasteiger partial charge in [0.15, 0.2) is 0 Å². The van der Waals surface area contributed by atoms with E-state index in [0.717, 1.165) is 46.6 Å². The van der Waals surface area contributed by atoms with E-state index in [1.54, 1.807) is 24.3 Å². The minimum absolute atomic E-state index is 0.275. The largest absolute Gasteiger partial charge is 0.494 e. The van der Waals surface area contributed by atoms with Gasteiger partial charge in [-0.1, -0.05) is 25.3 Å². The number of allylic oxidation sites excluding steroid dienone is 4. The quantitative estimate of drug-likeness (QED) is 0.483. The molecule has 1 aromatic carbocycles. The lowest BCUT2D eigenvalue weighted by atomic mass is 9.93. The van der Waals surface area contributed by atoms with Crippen molar-refractivity contribution in [3.05, 3.63) is 72.2 Å². The predicted octanol–water partition coefficient (Wildman–Crippen LogP) is 5.50. The third kappa shape index (κ3) is 6.79. The number of methoxy groups -OCH3 is 1. The Kier molecular flexibility index (Phi) is 8.28. The maximum Gasteiger partial charge on any atom is 0.410 e. The topological polar surface area (TPSA) is 106 Å². The van der Waals surface area contributed by atoms with Gasteiger partial charge in [0.1, 0.15) is 11.4 Å². The molecular formula is C30H38N6O3. The summed E-state index contributed by atoms with van der Waals surface area (Å²) in [5, 5.41) is 3.29. The number of carbonyl (C=O) groups excluding carboxylic acids is 1. The zero-order chi connectivity index (χ0) is 28.2. The monoisotopic (exact) mass is 530 g/mol. The number of rotatable bonds is 7. The summed E-state index contributed by atoms with van der Waals surface area (Å²) in [6, 6.07) is 5.95. The second-order valence-corrected chi connectivity index (χ2v) is 10.6. The molecule has 0 bridgehead atoms. The number of nitrogens with two attached hydrogens (primary N) is 1. The van der Waals surface area contributed by atoms with Gasteiger partial charge in [-0.2, -0.15) is 0 Å². The summed E-state index contributed by atoms with van der Waals surface area (Å²) < 4.78 is 11.2. The first-order chi connectivity index (χ1) is 18.6. The van der Waals surface area contributed by atoms with E-state index in [0.29, 0.717) is 43.6 Å². The van der Waals surface area contributed by atoms with Crippen molar-refractivity contribution in [3.8, 4) is 5.75 Å². The van der Waals surface area contributed by atoms with Gasteiger partial charge in [-0.3, -0.25) is 0 Å². The molecule has 2 aliphatic rings. The van der Waals surface area contributed by atoms with Crippen molar-refractivity contribution in [1.29, 1.82) is 0 Å². The van der Waals surface area contributed by atoms with Crippen LogP contribution < -0.4 is 20.7 Å². The summed E-state index contributed by atoms with van der Waals surface area (Å²) in [5.41, 5.74) is 11.4.